The molecule has 0 unspecified atom stereocenters. The zero-order valence-electron chi connectivity index (χ0n) is 18.3. The van der Waals surface area contributed by atoms with Gasteiger partial charge >= 0.3 is 6.18 Å². The van der Waals surface area contributed by atoms with Gasteiger partial charge in [-0.25, -0.2) is 4.39 Å². The normalized spacial score (nSPS) is 11.9. The Morgan fingerprint density at radius 1 is 0.972 bits per heavy atom. The van der Waals surface area contributed by atoms with Crippen LogP contribution in [0.3, 0.4) is 0 Å². The highest BCUT2D eigenvalue weighted by Gasteiger charge is 2.34. The first-order valence-electron chi connectivity index (χ1n) is 10.6. The lowest BCUT2D eigenvalue weighted by Crippen LogP contribution is -2.11. The number of alkyl halides is 3. The molecular weight excluding hydrogens is 515 g/mol. The number of hydrogen-bond donors (Lipinski definition) is 1. The minimum Gasteiger partial charge on any atom is -0.366 e. The van der Waals surface area contributed by atoms with Gasteiger partial charge in [-0.2, -0.15) is 13.2 Å². The fourth-order valence-corrected chi connectivity index (χ4v) is 5.04. The van der Waals surface area contributed by atoms with Crippen molar-refractivity contribution in [1.82, 2.24) is 4.57 Å². The summed E-state index contributed by atoms with van der Waals surface area (Å²) < 4.78 is 55.7. The summed E-state index contributed by atoms with van der Waals surface area (Å²) in [4.78, 5) is 12.2. The number of carbonyl (C=O) groups excluding carboxylic acids is 1. The fourth-order valence-electron chi connectivity index (χ4n) is 4.42. The van der Waals surface area contributed by atoms with E-state index in [0.29, 0.717) is 43.0 Å². The minimum atomic E-state index is -4.85. The summed E-state index contributed by atoms with van der Waals surface area (Å²) in [7, 11) is 0. The molecule has 181 valence electrons. The van der Waals surface area contributed by atoms with Crippen LogP contribution >= 0.6 is 23.2 Å². The van der Waals surface area contributed by atoms with Crippen molar-refractivity contribution >= 4 is 50.9 Å². The quantitative estimate of drug-likeness (QED) is 0.236. The molecule has 0 saturated heterocycles. The Balaban J connectivity index is 1.80. The van der Waals surface area contributed by atoms with Crippen LogP contribution in [0.25, 0.3) is 32.9 Å². The molecule has 0 fully saturated rings. The predicted molar refractivity (Wildman–Crippen MR) is 133 cm³/mol. The summed E-state index contributed by atoms with van der Waals surface area (Å²) >= 11 is 12.8. The molecule has 0 saturated carbocycles. The number of carbonyl (C=O) groups is 1. The van der Waals surface area contributed by atoms with Crippen LogP contribution in [0, 0.1) is 11.9 Å². The highest BCUT2D eigenvalue weighted by molar-refractivity contribution is 6.39. The van der Waals surface area contributed by atoms with E-state index in [1.165, 1.54) is 6.07 Å². The molecule has 0 aliphatic heterocycles. The second-order valence-corrected chi connectivity index (χ2v) is 9.02. The first-order valence-corrected chi connectivity index (χ1v) is 11.4. The molecule has 3 nitrogen and oxygen atoms in total. The van der Waals surface area contributed by atoms with Crippen molar-refractivity contribution in [2.45, 2.75) is 12.7 Å². The standard InChI is InChI=1S/C27H15Cl2F4N2O/c28-19-4-2-5-20(29)24(19)15-8-9-16-23(12-15)35(22-6-1-3-17(25(16)22)26(34)36)13-14-7-10-21(30)18(11-14)27(31,32)33/h1-8,10-12H,13H2,(H2,34,36). The van der Waals surface area contributed by atoms with Crippen LogP contribution in [0.15, 0.2) is 66.7 Å². The third-order valence-corrected chi connectivity index (χ3v) is 6.62. The van der Waals surface area contributed by atoms with Crippen LogP contribution < -0.4 is 5.73 Å². The molecule has 0 aliphatic carbocycles. The molecule has 2 N–H and O–H groups in total. The van der Waals surface area contributed by atoms with E-state index in [2.05, 4.69) is 6.07 Å². The van der Waals surface area contributed by atoms with Gasteiger partial charge in [-0.3, -0.25) is 4.79 Å². The summed E-state index contributed by atoms with van der Waals surface area (Å²) in [6, 6.07) is 19.5. The van der Waals surface area contributed by atoms with Crippen LogP contribution in [-0.4, -0.2) is 10.5 Å². The van der Waals surface area contributed by atoms with Crippen molar-refractivity contribution in [3.63, 3.8) is 0 Å². The van der Waals surface area contributed by atoms with Gasteiger partial charge in [0.1, 0.15) is 5.82 Å². The first kappa shape index (κ1) is 24.2. The SMILES string of the molecule is NC(=O)c1cccc2c1c1[c]cc(-c3c(Cl)cccc3Cl)cc1n2Cc1ccc(F)c(C(F)(F)F)c1. The van der Waals surface area contributed by atoms with E-state index >= 15 is 0 Å². The number of nitrogens with two attached hydrogens (primary N) is 1. The highest BCUT2D eigenvalue weighted by atomic mass is 35.5. The summed E-state index contributed by atoms with van der Waals surface area (Å²) in [5.74, 6) is -2.01. The second kappa shape index (κ2) is 8.84. The third kappa shape index (κ3) is 4.08. The molecule has 0 bridgehead atoms. The van der Waals surface area contributed by atoms with Gasteiger partial charge in [-0.1, -0.05) is 41.4 Å². The maximum absolute atomic E-state index is 13.9. The molecule has 1 aromatic heterocycles. The number of amides is 1. The number of nitrogens with zero attached hydrogens (tertiary/aromatic N) is 1. The van der Waals surface area contributed by atoms with Crippen LogP contribution in [0.5, 0.6) is 0 Å². The Kier molecular flexibility index (Phi) is 5.93. The summed E-state index contributed by atoms with van der Waals surface area (Å²) in [6.07, 6.45) is -4.85. The van der Waals surface area contributed by atoms with E-state index in [4.69, 9.17) is 28.9 Å². The van der Waals surface area contributed by atoms with Gasteiger partial charge in [0, 0.05) is 38.5 Å². The lowest BCUT2D eigenvalue weighted by atomic mass is 10.0. The van der Waals surface area contributed by atoms with E-state index in [1.54, 1.807) is 53.1 Å². The average Bonchev–Trinajstić information content (AvgIpc) is 3.12. The topological polar surface area (TPSA) is 48.0 Å². The zero-order valence-corrected chi connectivity index (χ0v) is 19.8. The van der Waals surface area contributed by atoms with Gasteiger partial charge in [0.15, 0.2) is 0 Å². The van der Waals surface area contributed by atoms with Crippen LogP contribution in [0.1, 0.15) is 21.5 Å². The van der Waals surface area contributed by atoms with Crippen LogP contribution in [-0.2, 0) is 12.7 Å². The Labute approximate surface area is 212 Å². The van der Waals surface area contributed by atoms with Crippen LogP contribution in [0.2, 0.25) is 10.0 Å². The van der Waals surface area contributed by atoms with Crippen LogP contribution in [0.4, 0.5) is 17.6 Å². The molecule has 0 aliphatic rings. The van der Waals surface area contributed by atoms with Gasteiger partial charge in [0.25, 0.3) is 0 Å². The largest absolute Gasteiger partial charge is 0.419 e. The number of benzene rings is 4. The van der Waals surface area contributed by atoms with Gasteiger partial charge in [-0.05, 0) is 65.7 Å². The number of rotatable bonds is 4. The number of aromatic nitrogens is 1. The molecule has 1 amide bonds. The van der Waals surface area contributed by atoms with Gasteiger partial charge in [-0.15, -0.1) is 0 Å². The smallest absolute Gasteiger partial charge is 0.366 e. The Hall–Kier alpha value is -3.55. The van der Waals surface area contributed by atoms with Gasteiger partial charge in [0.2, 0.25) is 5.91 Å². The molecule has 36 heavy (non-hydrogen) atoms. The van der Waals surface area contributed by atoms with Crippen molar-refractivity contribution < 1.29 is 22.4 Å². The van der Waals surface area contributed by atoms with Gasteiger partial charge in [0.05, 0.1) is 16.6 Å². The molecule has 1 heterocycles. The maximum Gasteiger partial charge on any atom is 0.419 e. The molecule has 5 rings (SSSR count). The number of halogens is 6. The Morgan fingerprint density at radius 3 is 2.33 bits per heavy atom. The number of fused-ring (bicyclic) bond motifs is 3. The van der Waals surface area contributed by atoms with E-state index in [1.807, 2.05) is 0 Å². The first-order chi connectivity index (χ1) is 17.1. The van der Waals surface area contributed by atoms with E-state index in [0.717, 1.165) is 12.1 Å². The lowest BCUT2D eigenvalue weighted by molar-refractivity contribution is -0.140. The second-order valence-electron chi connectivity index (χ2n) is 8.21. The molecule has 0 atom stereocenters. The average molecular weight is 530 g/mol. The van der Waals surface area contributed by atoms with Crippen molar-refractivity contribution in [2.24, 2.45) is 5.73 Å². The summed E-state index contributed by atoms with van der Waals surface area (Å²) in [6.45, 7) is -0.0425. The van der Waals surface area contributed by atoms with Gasteiger partial charge < -0.3 is 10.3 Å². The molecular formula is C27H15Cl2F4N2O. The maximum atomic E-state index is 13.9. The Morgan fingerprint density at radius 2 is 1.67 bits per heavy atom. The zero-order chi connectivity index (χ0) is 25.8. The van der Waals surface area contributed by atoms with E-state index in [-0.39, 0.29) is 17.7 Å². The van der Waals surface area contributed by atoms with Crippen molar-refractivity contribution in [1.29, 1.82) is 0 Å². The number of primary amides is 1. The fraction of sp³-hybridized carbons (Fsp3) is 0.0741. The molecule has 0 spiro atoms. The highest BCUT2D eigenvalue weighted by Crippen LogP contribution is 2.39. The monoisotopic (exact) mass is 529 g/mol. The predicted octanol–water partition coefficient (Wildman–Crippen LogP) is 7.87. The molecule has 9 heteroatoms. The lowest BCUT2D eigenvalue weighted by Gasteiger charge is -2.13. The van der Waals surface area contributed by atoms with E-state index < -0.39 is 23.5 Å². The van der Waals surface area contributed by atoms with Crippen molar-refractivity contribution in [2.75, 3.05) is 0 Å². The Bertz CT molecular complexity index is 1650. The minimum absolute atomic E-state index is 0.0425. The summed E-state index contributed by atoms with van der Waals surface area (Å²) in [5.41, 5.74) is 7.02. The van der Waals surface area contributed by atoms with Crippen molar-refractivity contribution in [3.05, 3.63) is 105 Å². The van der Waals surface area contributed by atoms with E-state index in [9.17, 15) is 22.4 Å². The van der Waals surface area contributed by atoms with Crippen molar-refractivity contribution in [3.8, 4) is 11.1 Å². The molecule has 1 radical (unpaired) electrons. The number of hydrogen-bond acceptors (Lipinski definition) is 1. The summed E-state index contributed by atoms with van der Waals surface area (Å²) in [5, 5.41) is 1.87. The molecule has 5 aromatic rings. The molecule has 4 aromatic carbocycles. The third-order valence-electron chi connectivity index (χ3n) is 5.99.